The highest BCUT2D eigenvalue weighted by atomic mass is 16.6. The second kappa shape index (κ2) is 8.38. The van der Waals surface area contributed by atoms with Crippen LogP contribution >= 0.6 is 0 Å². The van der Waals surface area contributed by atoms with Crippen molar-refractivity contribution in [3.8, 4) is 0 Å². The van der Waals surface area contributed by atoms with Crippen molar-refractivity contribution in [3.05, 3.63) is 46.0 Å². The van der Waals surface area contributed by atoms with Gasteiger partial charge in [0, 0.05) is 4.92 Å². The number of Topliss-reactive ketones (excluding diaryl/α,β-unsaturated/α-hetero) is 1. The molecule has 0 heterocycles. The number of ketones is 1. The van der Waals surface area contributed by atoms with Crippen LogP contribution in [0.3, 0.4) is 0 Å². The van der Waals surface area contributed by atoms with E-state index >= 15 is 0 Å². The van der Waals surface area contributed by atoms with Crippen molar-refractivity contribution in [2.24, 2.45) is 5.92 Å². The Morgan fingerprint density at radius 1 is 1.22 bits per heavy atom. The number of nitrogens with zero attached hydrogens (tertiary/aromatic N) is 1. The molecule has 0 saturated heterocycles. The summed E-state index contributed by atoms with van der Waals surface area (Å²) in [5, 5.41) is 10.7. The lowest BCUT2D eigenvalue weighted by Crippen LogP contribution is -2.37. The van der Waals surface area contributed by atoms with Gasteiger partial charge in [0.05, 0.1) is 13.2 Å². The van der Waals surface area contributed by atoms with Gasteiger partial charge in [0.1, 0.15) is 11.5 Å². The second-order valence-electron chi connectivity index (χ2n) is 6.08. The zero-order valence-electron chi connectivity index (χ0n) is 13.5. The van der Waals surface area contributed by atoms with Gasteiger partial charge in [-0.25, -0.2) is 4.79 Å². The second-order valence-corrected chi connectivity index (χ2v) is 6.08. The van der Waals surface area contributed by atoms with Gasteiger partial charge in [0.25, 0.3) is 5.78 Å². The summed E-state index contributed by atoms with van der Waals surface area (Å²) in [5.74, 6) is -3.18. The van der Waals surface area contributed by atoms with E-state index in [1.54, 1.807) is 20.8 Å². The third-order valence-corrected chi connectivity index (χ3v) is 2.77. The highest BCUT2D eigenvalue weighted by molar-refractivity contribution is 6.34. The van der Waals surface area contributed by atoms with Gasteiger partial charge in [-0.1, -0.05) is 30.3 Å². The summed E-state index contributed by atoms with van der Waals surface area (Å²) in [5.41, 5.74) is 0.0358. The van der Waals surface area contributed by atoms with Crippen LogP contribution in [-0.2, 0) is 25.7 Å². The Morgan fingerprint density at radius 2 is 1.83 bits per heavy atom. The van der Waals surface area contributed by atoms with Gasteiger partial charge in [0.15, 0.2) is 0 Å². The van der Waals surface area contributed by atoms with Crippen molar-refractivity contribution >= 4 is 11.8 Å². The first-order valence-corrected chi connectivity index (χ1v) is 7.19. The Kier molecular flexibility index (Phi) is 6.84. The summed E-state index contributed by atoms with van der Waals surface area (Å²) < 4.78 is 10.3. The number of benzene rings is 1. The zero-order chi connectivity index (χ0) is 17.5. The van der Waals surface area contributed by atoms with Crippen LogP contribution in [0, 0.1) is 16.0 Å². The molecule has 1 rings (SSSR count). The minimum Gasteiger partial charge on any atom is -0.454 e. The summed E-state index contributed by atoms with van der Waals surface area (Å²) >= 11 is 0. The van der Waals surface area contributed by atoms with Gasteiger partial charge in [0.2, 0.25) is 6.54 Å². The molecule has 0 saturated carbocycles. The molecule has 0 N–H and O–H groups in total. The average Bonchev–Trinajstić information content (AvgIpc) is 2.44. The standard InChI is InChI=1S/C16H21NO6/c1-16(2,3)23-15(19)14(18)13(9-17(20)21)11-22-10-12-7-5-4-6-8-12/h4-8,13H,9-11H2,1-3H3/t13-/m1/s1. The van der Waals surface area contributed by atoms with E-state index in [0.717, 1.165) is 5.56 Å². The minimum atomic E-state index is -1.16. The fourth-order valence-corrected chi connectivity index (χ4v) is 1.78. The molecule has 0 aliphatic rings. The molecule has 0 unspecified atom stereocenters. The van der Waals surface area contributed by atoms with Crippen LogP contribution in [0.2, 0.25) is 0 Å². The highest BCUT2D eigenvalue weighted by Crippen LogP contribution is 2.11. The molecule has 23 heavy (non-hydrogen) atoms. The van der Waals surface area contributed by atoms with E-state index in [1.807, 2.05) is 30.3 Å². The smallest absolute Gasteiger partial charge is 0.375 e. The van der Waals surface area contributed by atoms with Crippen molar-refractivity contribution in [1.82, 2.24) is 0 Å². The summed E-state index contributed by atoms with van der Waals surface area (Å²) in [7, 11) is 0. The van der Waals surface area contributed by atoms with Crippen molar-refractivity contribution in [2.45, 2.75) is 33.0 Å². The van der Waals surface area contributed by atoms with Gasteiger partial charge < -0.3 is 9.47 Å². The molecule has 0 radical (unpaired) electrons. The number of hydrogen-bond donors (Lipinski definition) is 0. The van der Waals surface area contributed by atoms with Crippen LogP contribution in [0.1, 0.15) is 26.3 Å². The Bertz CT molecular complexity index is 549. The fourth-order valence-electron chi connectivity index (χ4n) is 1.78. The van der Waals surface area contributed by atoms with Crippen molar-refractivity contribution in [2.75, 3.05) is 13.2 Å². The number of ether oxygens (including phenoxy) is 2. The Hall–Kier alpha value is -2.28. The van der Waals surface area contributed by atoms with Crippen LogP contribution in [0.5, 0.6) is 0 Å². The van der Waals surface area contributed by atoms with E-state index in [9.17, 15) is 19.7 Å². The lowest BCUT2D eigenvalue weighted by Gasteiger charge is -2.20. The predicted octanol–water partition coefficient (Wildman–Crippen LogP) is 2.01. The molecular formula is C16H21NO6. The van der Waals surface area contributed by atoms with Gasteiger partial charge in [-0.05, 0) is 26.3 Å². The maximum atomic E-state index is 12.0. The molecule has 0 amide bonds. The van der Waals surface area contributed by atoms with E-state index in [4.69, 9.17) is 9.47 Å². The third-order valence-electron chi connectivity index (χ3n) is 2.77. The molecule has 126 valence electrons. The number of rotatable bonds is 8. The summed E-state index contributed by atoms with van der Waals surface area (Å²) in [6, 6.07) is 9.18. The molecule has 0 fully saturated rings. The molecule has 0 aliphatic heterocycles. The van der Waals surface area contributed by atoms with E-state index in [-0.39, 0.29) is 13.2 Å². The molecule has 1 aromatic rings. The fraction of sp³-hybridized carbons (Fsp3) is 0.500. The van der Waals surface area contributed by atoms with Gasteiger partial charge >= 0.3 is 5.97 Å². The van der Waals surface area contributed by atoms with Crippen LogP contribution in [0.15, 0.2) is 30.3 Å². The monoisotopic (exact) mass is 323 g/mol. The maximum absolute atomic E-state index is 12.0. The molecule has 1 atom stereocenters. The van der Waals surface area contributed by atoms with Crippen LogP contribution in [-0.4, -0.2) is 35.4 Å². The summed E-state index contributed by atoms with van der Waals surface area (Å²) in [4.78, 5) is 33.9. The number of carbonyl (C=O) groups is 2. The summed E-state index contributed by atoms with van der Waals surface area (Å²) in [6.45, 7) is 4.17. The van der Waals surface area contributed by atoms with Crippen LogP contribution in [0.4, 0.5) is 0 Å². The first kappa shape index (κ1) is 18.8. The van der Waals surface area contributed by atoms with Crippen molar-refractivity contribution in [1.29, 1.82) is 0 Å². The van der Waals surface area contributed by atoms with Gasteiger partial charge in [-0.2, -0.15) is 0 Å². The molecule has 0 bridgehead atoms. The molecule has 7 nitrogen and oxygen atoms in total. The molecule has 0 spiro atoms. The van der Waals surface area contributed by atoms with Gasteiger partial charge in [-0.3, -0.25) is 14.9 Å². The largest absolute Gasteiger partial charge is 0.454 e. The minimum absolute atomic E-state index is 0.205. The van der Waals surface area contributed by atoms with Crippen molar-refractivity contribution < 1.29 is 24.0 Å². The van der Waals surface area contributed by atoms with Gasteiger partial charge in [-0.15, -0.1) is 0 Å². The molecule has 0 aromatic heterocycles. The van der Waals surface area contributed by atoms with E-state index in [1.165, 1.54) is 0 Å². The lowest BCUT2D eigenvalue weighted by atomic mass is 10.1. The van der Waals surface area contributed by atoms with E-state index < -0.39 is 34.7 Å². The topological polar surface area (TPSA) is 95.7 Å². The third kappa shape index (κ3) is 7.51. The van der Waals surface area contributed by atoms with Crippen molar-refractivity contribution in [3.63, 3.8) is 0 Å². The molecule has 0 aliphatic carbocycles. The Morgan fingerprint density at radius 3 is 2.35 bits per heavy atom. The predicted molar refractivity (Wildman–Crippen MR) is 82.3 cm³/mol. The van der Waals surface area contributed by atoms with Crippen LogP contribution < -0.4 is 0 Å². The highest BCUT2D eigenvalue weighted by Gasteiger charge is 2.33. The Balaban J connectivity index is 2.62. The number of esters is 1. The molecular weight excluding hydrogens is 302 g/mol. The SMILES string of the molecule is CC(C)(C)OC(=O)C(=O)[C@@H](COCc1ccccc1)C[N+](=O)[O-]. The number of nitro groups is 1. The first-order chi connectivity index (χ1) is 10.7. The average molecular weight is 323 g/mol. The molecule has 7 heteroatoms. The quantitative estimate of drug-likeness (QED) is 0.314. The van der Waals surface area contributed by atoms with Crippen LogP contribution in [0.25, 0.3) is 0 Å². The lowest BCUT2D eigenvalue weighted by molar-refractivity contribution is -0.486. The van der Waals surface area contributed by atoms with E-state index in [0.29, 0.717) is 0 Å². The maximum Gasteiger partial charge on any atom is 0.375 e. The normalized spacial score (nSPS) is 12.5. The number of hydrogen-bond acceptors (Lipinski definition) is 6. The number of carbonyl (C=O) groups excluding carboxylic acids is 2. The molecule has 1 aromatic carbocycles. The zero-order valence-corrected chi connectivity index (χ0v) is 13.5. The first-order valence-electron chi connectivity index (χ1n) is 7.19. The van der Waals surface area contributed by atoms with E-state index in [2.05, 4.69) is 0 Å². The Labute approximate surface area is 134 Å². The summed E-state index contributed by atoms with van der Waals surface area (Å²) in [6.07, 6.45) is 0.